The molecule has 4 rings (SSSR count). The van der Waals surface area contributed by atoms with Gasteiger partial charge in [-0.3, -0.25) is 9.54 Å². The number of hydrogen-bond donors (Lipinski definition) is 3. The molecular weight excluding hydrogens is 446 g/mol. The van der Waals surface area contributed by atoms with E-state index in [9.17, 15) is 8.42 Å². The van der Waals surface area contributed by atoms with Crippen LogP contribution in [0, 0.1) is 0 Å². The van der Waals surface area contributed by atoms with Gasteiger partial charge in [0, 0.05) is 17.3 Å². The molecule has 0 bridgehead atoms. The topological polar surface area (TPSA) is 121 Å². The van der Waals surface area contributed by atoms with E-state index < -0.39 is 10.1 Å². The zero-order valence-electron chi connectivity index (χ0n) is 15.1. The van der Waals surface area contributed by atoms with Crippen LogP contribution in [0.25, 0.3) is 22.5 Å². The van der Waals surface area contributed by atoms with Gasteiger partial charge in [-0.05, 0) is 35.3 Å². The molecule has 1 fully saturated rings. The Morgan fingerprint density at radius 3 is 2.29 bits per heavy atom. The summed E-state index contributed by atoms with van der Waals surface area (Å²) in [7, 11) is -3.67. The van der Waals surface area contributed by atoms with Crippen LogP contribution in [-0.4, -0.2) is 45.7 Å². The molecule has 0 radical (unpaired) electrons. The van der Waals surface area contributed by atoms with Crippen LogP contribution in [0.2, 0.25) is 0 Å². The van der Waals surface area contributed by atoms with Crippen molar-refractivity contribution in [1.82, 2.24) is 25.3 Å². The standard InChI is InChI=1S/C17H16BrN5.CH4O3S/c18-16-10-20-14(8-21-16)11-3-5-12(6-4-11)15-9-22-17(23-15)13-2-1-7-19-13;1-5(2,3)4/h3-6,8-10,13,19H,1-2,7H2,(H,22,23);1H3,(H,2,3,4)/t13-;/m0./s1. The Morgan fingerprint density at radius 1 is 1.11 bits per heavy atom. The summed E-state index contributed by atoms with van der Waals surface area (Å²) in [6.07, 6.45) is 8.52. The average molecular weight is 466 g/mol. The minimum absolute atomic E-state index is 0.362. The smallest absolute Gasteiger partial charge is 0.261 e. The summed E-state index contributed by atoms with van der Waals surface area (Å²) >= 11 is 3.30. The lowest BCUT2D eigenvalue weighted by atomic mass is 10.1. The second kappa shape index (κ2) is 8.91. The van der Waals surface area contributed by atoms with Crippen LogP contribution in [0.4, 0.5) is 0 Å². The van der Waals surface area contributed by atoms with Gasteiger partial charge < -0.3 is 10.3 Å². The molecule has 1 atom stereocenters. The van der Waals surface area contributed by atoms with Gasteiger partial charge in [0.25, 0.3) is 10.1 Å². The number of aromatic amines is 1. The minimum atomic E-state index is -3.67. The van der Waals surface area contributed by atoms with Crippen molar-refractivity contribution >= 4 is 26.0 Å². The second-order valence-electron chi connectivity index (χ2n) is 6.35. The van der Waals surface area contributed by atoms with Gasteiger partial charge in [-0.25, -0.2) is 9.97 Å². The number of benzene rings is 1. The fourth-order valence-electron chi connectivity index (χ4n) is 2.85. The fraction of sp³-hybridized carbons (Fsp3) is 0.278. The predicted octanol–water partition coefficient (Wildman–Crippen LogP) is 3.22. The third kappa shape index (κ3) is 5.93. The van der Waals surface area contributed by atoms with E-state index in [1.807, 2.05) is 6.20 Å². The van der Waals surface area contributed by atoms with Gasteiger partial charge in [-0.1, -0.05) is 24.3 Å². The van der Waals surface area contributed by atoms with Gasteiger partial charge in [-0.15, -0.1) is 0 Å². The van der Waals surface area contributed by atoms with E-state index >= 15 is 0 Å². The second-order valence-corrected chi connectivity index (χ2v) is 8.63. The highest BCUT2D eigenvalue weighted by molar-refractivity contribution is 9.10. The van der Waals surface area contributed by atoms with E-state index in [4.69, 9.17) is 9.54 Å². The molecule has 148 valence electrons. The normalized spacial score (nSPS) is 16.5. The van der Waals surface area contributed by atoms with Crippen LogP contribution in [0.3, 0.4) is 0 Å². The average Bonchev–Trinajstić information content (AvgIpc) is 3.33. The molecule has 0 amide bonds. The zero-order valence-corrected chi connectivity index (χ0v) is 17.5. The van der Waals surface area contributed by atoms with Crippen molar-refractivity contribution in [3.63, 3.8) is 0 Å². The molecule has 3 aromatic rings. The number of nitrogens with one attached hydrogen (secondary N) is 2. The summed E-state index contributed by atoms with van der Waals surface area (Å²) in [6.45, 7) is 1.07. The monoisotopic (exact) mass is 465 g/mol. The molecule has 0 spiro atoms. The minimum Gasteiger partial charge on any atom is -0.347 e. The number of aromatic nitrogens is 4. The molecule has 1 aliphatic heterocycles. The fourth-order valence-corrected chi connectivity index (χ4v) is 3.06. The van der Waals surface area contributed by atoms with Crippen LogP contribution >= 0.6 is 15.9 Å². The number of nitrogens with zero attached hydrogens (tertiary/aromatic N) is 3. The van der Waals surface area contributed by atoms with Gasteiger partial charge in [0.1, 0.15) is 10.4 Å². The van der Waals surface area contributed by atoms with Crippen LogP contribution in [-0.2, 0) is 10.1 Å². The zero-order chi connectivity index (χ0) is 20.1. The molecule has 1 aliphatic rings. The Morgan fingerprint density at radius 2 is 1.75 bits per heavy atom. The van der Waals surface area contributed by atoms with Crippen LogP contribution < -0.4 is 5.32 Å². The number of H-pyrrole nitrogens is 1. The van der Waals surface area contributed by atoms with E-state index in [1.54, 1.807) is 12.4 Å². The molecule has 10 heteroatoms. The molecule has 3 heterocycles. The molecule has 1 saturated heterocycles. The number of imidazole rings is 1. The molecule has 2 aromatic heterocycles. The van der Waals surface area contributed by atoms with E-state index in [0.29, 0.717) is 12.3 Å². The lowest BCUT2D eigenvalue weighted by Crippen LogP contribution is -2.14. The number of rotatable bonds is 3. The largest absolute Gasteiger partial charge is 0.347 e. The summed E-state index contributed by atoms with van der Waals surface area (Å²) in [5, 5.41) is 3.46. The van der Waals surface area contributed by atoms with Crippen LogP contribution in [0.1, 0.15) is 24.7 Å². The lowest BCUT2D eigenvalue weighted by molar-refractivity contribution is 0.490. The van der Waals surface area contributed by atoms with Gasteiger partial charge in [0.15, 0.2) is 0 Å². The van der Waals surface area contributed by atoms with Gasteiger partial charge >= 0.3 is 0 Å². The van der Waals surface area contributed by atoms with Gasteiger partial charge in [0.2, 0.25) is 0 Å². The van der Waals surface area contributed by atoms with Crippen molar-refractivity contribution in [2.45, 2.75) is 18.9 Å². The van der Waals surface area contributed by atoms with Gasteiger partial charge in [-0.2, -0.15) is 8.42 Å². The molecule has 0 unspecified atom stereocenters. The maximum absolute atomic E-state index is 9.19. The number of halogens is 1. The third-order valence-electron chi connectivity index (χ3n) is 4.08. The maximum Gasteiger partial charge on any atom is 0.261 e. The first-order valence-electron chi connectivity index (χ1n) is 8.59. The SMILES string of the molecule is Brc1cnc(-c2ccc(-c3c[nH]c([C@@H]4CCCN4)n3)cc2)cn1.CS(=O)(=O)O. The Hall–Kier alpha value is -2.14. The summed E-state index contributed by atoms with van der Waals surface area (Å²) in [6, 6.07) is 8.61. The quantitative estimate of drug-likeness (QED) is 0.507. The first kappa shape index (κ1) is 20.6. The summed E-state index contributed by atoms with van der Waals surface area (Å²) in [5.41, 5.74) is 3.97. The Labute approximate surface area is 171 Å². The van der Waals surface area contributed by atoms with Crippen molar-refractivity contribution in [3.8, 4) is 22.5 Å². The van der Waals surface area contributed by atoms with E-state index in [1.165, 1.54) is 6.42 Å². The van der Waals surface area contributed by atoms with Gasteiger partial charge in [0.05, 0.1) is 36.1 Å². The van der Waals surface area contributed by atoms with E-state index in [-0.39, 0.29) is 0 Å². The van der Waals surface area contributed by atoms with Crippen molar-refractivity contribution in [2.24, 2.45) is 0 Å². The highest BCUT2D eigenvalue weighted by Gasteiger charge is 2.19. The summed E-state index contributed by atoms with van der Waals surface area (Å²) < 4.78 is 26.6. The highest BCUT2D eigenvalue weighted by atomic mass is 79.9. The van der Waals surface area contributed by atoms with E-state index in [0.717, 1.165) is 45.9 Å². The molecule has 1 aromatic carbocycles. The first-order chi connectivity index (χ1) is 13.3. The maximum atomic E-state index is 9.19. The molecular formula is C18H20BrN5O3S. The molecule has 28 heavy (non-hydrogen) atoms. The molecule has 8 nitrogen and oxygen atoms in total. The molecule has 0 saturated carbocycles. The third-order valence-corrected chi connectivity index (χ3v) is 4.49. The highest BCUT2D eigenvalue weighted by Crippen LogP contribution is 2.26. The number of hydrogen-bond acceptors (Lipinski definition) is 6. The van der Waals surface area contributed by atoms with Crippen molar-refractivity contribution in [3.05, 3.63) is 53.3 Å². The Balaban J connectivity index is 0.000000403. The summed E-state index contributed by atoms with van der Waals surface area (Å²) in [4.78, 5) is 16.6. The predicted molar refractivity (Wildman–Crippen MR) is 110 cm³/mol. The van der Waals surface area contributed by atoms with Crippen LogP contribution in [0.15, 0.2) is 47.5 Å². The van der Waals surface area contributed by atoms with Crippen molar-refractivity contribution < 1.29 is 13.0 Å². The Kier molecular flexibility index (Phi) is 6.55. The first-order valence-corrected chi connectivity index (χ1v) is 11.2. The summed E-state index contributed by atoms with van der Waals surface area (Å²) in [5.74, 6) is 1.03. The lowest BCUT2D eigenvalue weighted by Gasteiger charge is -2.05. The van der Waals surface area contributed by atoms with Crippen molar-refractivity contribution in [2.75, 3.05) is 12.8 Å². The van der Waals surface area contributed by atoms with E-state index in [2.05, 4.69) is 60.5 Å². The molecule has 3 N–H and O–H groups in total. The molecule has 0 aliphatic carbocycles. The van der Waals surface area contributed by atoms with Crippen molar-refractivity contribution in [1.29, 1.82) is 0 Å². The Bertz CT molecular complexity index is 1010. The van der Waals surface area contributed by atoms with Crippen LogP contribution in [0.5, 0.6) is 0 Å².